The van der Waals surface area contributed by atoms with Gasteiger partial charge < -0.3 is 4.90 Å². The fourth-order valence-corrected chi connectivity index (χ4v) is 3.53. The molecular formula is C17H25N5O. The summed E-state index contributed by atoms with van der Waals surface area (Å²) in [5.41, 5.74) is 3.59. The van der Waals surface area contributed by atoms with Crippen LogP contribution in [0.4, 0.5) is 0 Å². The monoisotopic (exact) mass is 315 g/mol. The quantitative estimate of drug-likeness (QED) is 0.943. The minimum Gasteiger partial charge on any atom is -0.330 e. The minimum atomic E-state index is 0.0899. The lowest BCUT2D eigenvalue weighted by molar-refractivity contribution is 0.0604. The summed E-state index contributed by atoms with van der Waals surface area (Å²) >= 11 is 0. The van der Waals surface area contributed by atoms with Crippen molar-refractivity contribution < 1.29 is 4.79 Å². The molecule has 3 rings (SSSR count). The molecule has 1 N–H and O–H groups in total. The lowest BCUT2D eigenvalue weighted by Crippen LogP contribution is -2.39. The third-order valence-corrected chi connectivity index (χ3v) is 4.68. The van der Waals surface area contributed by atoms with Crippen molar-refractivity contribution in [3.8, 4) is 0 Å². The molecule has 0 spiro atoms. The molecule has 0 radical (unpaired) electrons. The largest absolute Gasteiger partial charge is 0.330 e. The van der Waals surface area contributed by atoms with Crippen molar-refractivity contribution in [2.75, 3.05) is 6.54 Å². The SMILES string of the molecule is CCCn1nc(C)c(C(=O)N2CCCCC2c2ccn[nH]2)c1C. The van der Waals surface area contributed by atoms with E-state index in [1.165, 1.54) is 0 Å². The van der Waals surface area contributed by atoms with Gasteiger partial charge in [-0.3, -0.25) is 14.6 Å². The fourth-order valence-electron chi connectivity index (χ4n) is 3.53. The van der Waals surface area contributed by atoms with E-state index in [0.717, 1.165) is 61.4 Å². The number of aromatic amines is 1. The van der Waals surface area contributed by atoms with Crippen molar-refractivity contribution in [2.24, 2.45) is 0 Å². The van der Waals surface area contributed by atoms with Crippen LogP contribution in [0.5, 0.6) is 0 Å². The van der Waals surface area contributed by atoms with Gasteiger partial charge in [0.05, 0.1) is 23.0 Å². The van der Waals surface area contributed by atoms with Crippen molar-refractivity contribution in [1.82, 2.24) is 24.9 Å². The zero-order valence-electron chi connectivity index (χ0n) is 14.2. The Kier molecular flexibility index (Phi) is 4.50. The molecule has 2 aromatic rings. The van der Waals surface area contributed by atoms with Crippen LogP contribution < -0.4 is 0 Å². The molecule has 1 amide bonds. The molecule has 1 saturated heterocycles. The Morgan fingerprint density at radius 1 is 1.39 bits per heavy atom. The van der Waals surface area contributed by atoms with Gasteiger partial charge in [-0.1, -0.05) is 6.92 Å². The number of nitrogens with zero attached hydrogens (tertiary/aromatic N) is 4. The minimum absolute atomic E-state index is 0.0899. The van der Waals surface area contributed by atoms with Gasteiger partial charge in [-0.15, -0.1) is 0 Å². The summed E-state index contributed by atoms with van der Waals surface area (Å²) in [6.07, 6.45) is 5.94. The molecule has 1 aliphatic rings. The van der Waals surface area contributed by atoms with Crippen LogP contribution in [0.3, 0.4) is 0 Å². The fraction of sp³-hybridized carbons (Fsp3) is 0.588. The van der Waals surface area contributed by atoms with E-state index in [1.54, 1.807) is 6.20 Å². The first-order chi connectivity index (χ1) is 11.1. The Bertz CT molecular complexity index is 673. The molecular weight excluding hydrogens is 290 g/mol. The molecule has 23 heavy (non-hydrogen) atoms. The van der Waals surface area contributed by atoms with Crippen LogP contribution in [-0.2, 0) is 6.54 Å². The highest BCUT2D eigenvalue weighted by atomic mass is 16.2. The molecule has 6 nitrogen and oxygen atoms in total. The number of H-pyrrole nitrogens is 1. The van der Waals surface area contributed by atoms with E-state index in [1.807, 2.05) is 29.5 Å². The van der Waals surface area contributed by atoms with E-state index in [2.05, 4.69) is 22.2 Å². The smallest absolute Gasteiger partial charge is 0.258 e. The summed E-state index contributed by atoms with van der Waals surface area (Å²) < 4.78 is 1.96. The molecule has 1 aliphatic heterocycles. The van der Waals surface area contributed by atoms with E-state index < -0.39 is 0 Å². The maximum atomic E-state index is 13.2. The zero-order chi connectivity index (χ0) is 16.4. The highest BCUT2D eigenvalue weighted by Crippen LogP contribution is 2.32. The summed E-state index contributed by atoms with van der Waals surface area (Å²) in [5, 5.41) is 11.6. The number of carbonyl (C=O) groups is 1. The van der Waals surface area contributed by atoms with Crippen LogP contribution in [0, 0.1) is 13.8 Å². The predicted octanol–water partition coefficient (Wildman–Crippen LogP) is 3.00. The first-order valence-corrected chi connectivity index (χ1v) is 8.47. The molecule has 0 bridgehead atoms. The van der Waals surface area contributed by atoms with Crippen LogP contribution in [0.25, 0.3) is 0 Å². The number of piperidine rings is 1. The van der Waals surface area contributed by atoms with Crippen LogP contribution in [-0.4, -0.2) is 37.3 Å². The van der Waals surface area contributed by atoms with Gasteiger partial charge in [0.15, 0.2) is 0 Å². The van der Waals surface area contributed by atoms with Gasteiger partial charge in [-0.05, 0) is 45.6 Å². The highest BCUT2D eigenvalue weighted by molar-refractivity contribution is 5.96. The second-order valence-corrected chi connectivity index (χ2v) is 6.29. The highest BCUT2D eigenvalue weighted by Gasteiger charge is 2.32. The average Bonchev–Trinajstić information content (AvgIpc) is 3.17. The van der Waals surface area contributed by atoms with Crippen LogP contribution in [0.1, 0.15) is 66.1 Å². The number of hydrogen-bond acceptors (Lipinski definition) is 3. The Balaban J connectivity index is 1.92. The predicted molar refractivity (Wildman–Crippen MR) is 88.2 cm³/mol. The number of rotatable bonds is 4. The van der Waals surface area contributed by atoms with Crippen molar-refractivity contribution in [2.45, 2.75) is 59.0 Å². The van der Waals surface area contributed by atoms with Crippen molar-refractivity contribution >= 4 is 5.91 Å². The number of likely N-dealkylation sites (tertiary alicyclic amines) is 1. The molecule has 1 atom stereocenters. The van der Waals surface area contributed by atoms with Gasteiger partial charge in [0, 0.05) is 25.0 Å². The van der Waals surface area contributed by atoms with E-state index in [9.17, 15) is 4.79 Å². The van der Waals surface area contributed by atoms with Crippen molar-refractivity contribution in [3.63, 3.8) is 0 Å². The van der Waals surface area contributed by atoms with E-state index in [0.29, 0.717) is 0 Å². The van der Waals surface area contributed by atoms with Gasteiger partial charge in [0.1, 0.15) is 0 Å². The zero-order valence-corrected chi connectivity index (χ0v) is 14.2. The van der Waals surface area contributed by atoms with E-state index in [-0.39, 0.29) is 11.9 Å². The van der Waals surface area contributed by atoms with Gasteiger partial charge in [0.25, 0.3) is 5.91 Å². The summed E-state index contributed by atoms with van der Waals surface area (Å²) in [7, 11) is 0. The van der Waals surface area contributed by atoms with Crippen molar-refractivity contribution in [1.29, 1.82) is 0 Å². The molecule has 2 aromatic heterocycles. The number of nitrogens with one attached hydrogen (secondary N) is 1. The molecule has 3 heterocycles. The lowest BCUT2D eigenvalue weighted by Gasteiger charge is -2.35. The number of hydrogen-bond donors (Lipinski definition) is 1. The van der Waals surface area contributed by atoms with Gasteiger partial charge >= 0.3 is 0 Å². The first-order valence-electron chi connectivity index (χ1n) is 8.47. The summed E-state index contributed by atoms with van der Waals surface area (Å²) in [4.78, 5) is 15.2. The second kappa shape index (κ2) is 6.56. The number of aryl methyl sites for hydroxylation is 2. The molecule has 0 saturated carbocycles. The maximum absolute atomic E-state index is 13.2. The summed E-state index contributed by atoms with van der Waals surface area (Å²) in [6, 6.07) is 2.06. The molecule has 1 unspecified atom stereocenters. The molecule has 6 heteroatoms. The van der Waals surface area contributed by atoms with Crippen LogP contribution >= 0.6 is 0 Å². The maximum Gasteiger partial charge on any atom is 0.258 e. The number of aromatic nitrogens is 4. The normalized spacial score (nSPS) is 18.4. The molecule has 0 aromatic carbocycles. The third kappa shape index (κ3) is 2.90. The van der Waals surface area contributed by atoms with Crippen LogP contribution in [0.15, 0.2) is 12.3 Å². The van der Waals surface area contributed by atoms with E-state index >= 15 is 0 Å². The van der Waals surface area contributed by atoms with Crippen molar-refractivity contribution in [3.05, 3.63) is 34.9 Å². The standard InChI is InChI=1S/C17H25N5O/c1-4-10-22-13(3)16(12(2)20-22)17(23)21-11-6-5-7-15(21)14-8-9-18-19-14/h8-9,15H,4-7,10-11H2,1-3H3,(H,18,19). The van der Waals surface area contributed by atoms with Gasteiger partial charge in [0.2, 0.25) is 0 Å². The summed E-state index contributed by atoms with van der Waals surface area (Å²) in [6.45, 7) is 7.70. The van der Waals surface area contributed by atoms with Gasteiger partial charge in [-0.2, -0.15) is 10.2 Å². The topological polar surface area (TPSA) is 66.8 Å². The van der Waals surface area contributed by atoms with Gasteiger partial charge in [-0.25, -0.2) is 0 Å². The Labute approximate surface area is 136 Å². The Hall–Kier alpha value is -2.11. The first kappa shape index (κ1) is 15.8. The summed E-state index contributed by atoms with van der Waals surface area (Å²) in [5.74, 6) is 0.0988. The van der Waals surface area contributed by atoms with Crippen LogP contribution in [0.2, 0.25) is 0 Å². The Morgan fingerprint density at radius 3 is 2.91 bits per heavy atom. The third-order valence-electron chi connectivity index (χ3n) is 4.68. The number of carbonyl (C=O) groups excluding carboxylic acids is 1. The molecule has 1 fully saturated rings. The number of amides is 1. The average molecular weight is 315 g/mol. The molecule has 124 valence electrons. The second-order valence-electron chi connectivity index (χ2n) is 6.29. The van der Waals surface area contributed by atoms with E-state index in [4.69, 9.17) is 0 Å². The lowest BCUT2D eigenvalue weighted by atomic mass is 9.98. The molecule has 0 aliphatic carbocycles. The Morgan fingerprint density at radius 2 is 2.22 bits per heavy atom.